The molecule has 5 nitrogen and oxygen atoms in total. The number of carbonyl (C=O) groups excluding carboxylic acids is 2. The molecule has 18 heavy (non-hydrogen) atoms. The molecule has 0 saturated heterocycles. The van der Waals surface area contributed by atoms with Crippen LogP contribution in [0.1, 0.15) is 23.7 Å². The van der Waals surface area contributed by atoms with Crippen LogP contribution in [-0.4, -0.2) is 24.9 Å². The predicted octanol–water partition coefficient (Wildman–Crippen LogP) is 1.29. The lowest BCUT2D eigenvalue weighted by Gasteiger charge is -2.08. The van der Waals surface area contributed by atoms with Gasteiger partial charge in [-0.3, -0.25) is 9.59 Å². The minimum absolute atomic E-state index is 0.0473. The van der Waals surface area contributed by atoms with Crippen molar-refractivity contribution < 1.29 is 9.59 Å². The van der Waals surface area contributed by atoms with E-state index in [2.05, 4.69) is 26.6 Å². The molecule has 0 atom stereocenters. The number of halogens is 1. The maximum Gasteiger partial charge on any atom is 0.253 e. The Kier molecular flexibility index (Phi) is 5.64. The van der Waals surface area contributed by atoms with Crippen LogP contribution in [0.4, 0.5) is 5.69 Å². The molecule has 98 valence electrons. The van der Waals surface area contributed by atoms with Gasteiger partial charge < -0.3 is 16.4 Å². The van der Waals surface area contributed by atoms with Crippen molar-refractivity contribution in [2.24, 2.45) is 0 Å². The Morgan fingerprint density at radius 2 is 2.06 bits per heavy atom. The summed E-state index contributed by atoms with van der Waals surface area (Å²) in [5.41, 5.74) is 6.45. The smallest absolute Gasteiger partial charge is 0.253 e. The number of hydrogen-bond acceptors (Lipinski definition) is 3. The maximum atomic E-state index is 11.8. The van der Waals surface area contributed by atoms with Gasteiger partial charge in [0.05, 0.1) is 12.1 Å². The standard InChI is InChI=1S/C12H16BrN3O2/c1-2-5-15-11(17)7-16-12(18)9-4-3-8(13)6-10(9)14/h3-4,6H,2,5,7,14H2,1H3,(H,15,17)(H,16,18). The Morgan fingerprint density at radius 1 is 1.33 bits per heavy atom. The van der Waals surface area contributed by atoms with E-state index in [9.17, 15) is 9.59 Å². The first-order valence-electron chi connectivity index (χ1n) is 5.64. The summed E-state index contributed by atoms with van der Waals surface area (Å²) in [5.74, 6) is -0.562. The van der Waals surface area contributed by atoms with Gasteiger partial charge >= 0.3 is 0 Å². The molecule has 0 bridgehead atoms. The van der Waals surface area contributed by atoms with Gasteiger partial charge in [-0.25, -0.2) is 0 Å². The molecule has 0 unspecified atom stereocenters. The number of anilines is 1. The van der Waals surface area contributed by atoms with Crippen molar-refractivity contribution in [3.63, 3.8) is 0 Å². The normalized spacial score (nSPS) is 9.89. The molecule has 0 fully saturated rings. The van der Waals surface area contributed by atoms with Crippen LogP contribution in [0.2, 0.25) is 0 Å². The van der Waals surface area contributed by atoms with E-state index in [4.69, 9.17) is 5.73 Å². The lowest BCUT2D eigenvalue weighted by atomic mass is 10.1. The summed E-state index contributed by atoms with van der Waals surface area (Å²) in [6, 6.07) is 4.98. The average Bonchev–Trinajstić information content (AvgIpc) is 2.33. The van der Waals surface area contributed by atoms with Gasteiger partial charge in [-0.05, 0) is 24.6 Å². The van der Waals surface area contributed by atoms with E-state index in [0.29, 0.717) is 17.8 Å². The van der Waals surface area contributed by atoms with Gasteiger partial charge in [0.1, 0.15) is 0 Å². The molecule has 0 aliphatic carbocycles. The highest BCUT2D eigenvalue weighted by molar-refractivity contribution is 9.10. The first-order chi connectivity index (χ1) is 8.54. The zero-order chi connectivity index (χ0) is 13.5. The minimum atomic E-state index is -0.355. The fourth-order valence-electron chi connectivity index (χ4n) is 1.32. The third kappa shape index (κ3) is 4.37. The number of hydrogen-bond donors (Lipinski definition) is 3. The second kappa shape index (κ2) is 7.00. The van der Waals surface area contributed by atoms with Crippen molar-refractivity contribution in [1.82, 2.24) is 10.6 Å². The van der Waals surface area contributed by atoms with Gasteiger partial charge in [0.2, 0.25) is 5.91 Å². The zero-order valence-corrected chi connectivity index (χ0v) is 11.7. The number of amides is 2. The first-order valence-corrected chi connectivity index (χ1v) is 6.43. The second-order valence-electron chi connectivity index (χ2n) is 3.76. The third-order valence-electron chi connectivity index (χ3n) is 2.24. The molecule has 0 spiro atoms. The van der Waals surface area contributed by atoms with E-state index in [1.165, 1.54) is 0 Å². The van der Waals surface area contributed by atoms with E-state index in [0.717, 1.165) is 10.9 Å². The molecule has 0 aliphatic rings. The van der Waals surface area contributed by atoms with Gasteiger partial charge in [0.25, 0.3) is 5.91 Å². The van der Waals surface area contributed by atoms with E-state index in [-0.39, 0.29) is 18.4 Å². The summed E-state index contributed by atoms with van der Waals surface area (Å²) >= 11 is 3.26. The molecule has 4 N–H and O–H groups in total. The van der Waals surface area contributed by atoms with Crippen molar-refractivity contribution in [2.75, 3.05) is 18.8 Å². The van der Waals surface area contributed by atoms with Crippen LogP contribution in [0, 0.1) is 0 Å². The summed E-state index contributed by atoms with van der Waals surface area (Å²) in [6.45, 7) is 2.52. The van der Waals surface area contributed by atoms with Crippen LogP contribution in [0.25, 0.3) is 0 Å². The van der Waals surface area contributed by atoms with Crippen LogP contribution in [0.5, 0.6) is 0 Å². The summed E-state index contributed by atoms with van der Waals surface area (Å²) in [4.78, 5) is 23.1. The summed E-state index contributed by atoms with van der Waals surface area (Å²) < 4.78 is 0.803. The molecule has 0 radical (unpaired) electrons. The molecule has 1 rings (SSSR count). The van der Waals surface area contributed by atoms with Crippen molar-refractivity contribution >= 4 is 33.4 Å². The van der Waals surface area contributed by atoms with Gasteiger partial charge in [-0.2, -0.15) is 0 Å². The fraction of sp³-hybridized carbons (Fsp3) is 0.333. The highest BCUT2D eigenvalue weighted by Crippen LogP contribution is 2.18. The number of rotatable bonds is 5. The van der Waals surface area contributed by atoms with Gasteiger partial charge in [-0.1, -0.05) is 22.9 Å². The molecule has 1 aromatic rings. The highest BCUT2D eigenvalue weighted by Gasteiger charge is 2.10. The van der Waals surface area contributed by atoms with Crippen LogP contribution in [0.15, 0.2) is 22.7 Å². The average molecular weight is 314 g/mol. The molecule has 0 saturated carbocycles. The van der Waals surface area contributed by atoms with E-state index in [1.807, 2.05) is 6.92 Å². The lowest BCUT2D eigenvalue weighted by Crippen LogP contribution is -2.37. The third-order valence-corrected chi connectivity index (χ3v) is 2.73. The van der Waals surface area contributed by atoms with Crippen LogP contribution in [-0.2, 0) is 4.79 Å². The topological polar surface area (TPSA) is 84.2 Å². The molecule has 2 amide bonds. The summed E-state index contributed by atoms with van der Waals surface area (Å²) in [5, 5.41) is 5.19. The van der Waals surface area contributed by atoms with Crippen LogP contribution in [0.3, 0.4) is 0 Å². The van der Waals surface area contributed by atoms with Crippen molar-refractivity contribution in [3.8, 4) is 0 Å². The molecular formula is C12H16BrN3O2. The maximum absolute atomic E-state index is 11.8. The fourth-order valence-corrected chi connectivity index (χ4v) is 1.70. The van der Waals surface area contributed by atoms with Crippen molar-refractivity contribution in [3.05, 3.63) is 28.2 Å². The Hall–Kier alpha value is -1.56. The largest absolute Gasteiger partial charge is 0.398 e. The second-order valence-corrected chi connectivity index (χ2v) is 4.68. The van der Waals surface area contributed by atoms with Crippen molar-refractivity contribution in [1.29, 1.82) is 0 Å². The van der Waals surface area contributed by atoms with Crippen LogP contribution < -0.4 is 16.4 Å². The van der Waals surface area contributed by atoms with Crippen LogP contribution >= 0.6 is 15.9 Å². The number of carbonyl (C=O) groups is 2. The van der Waals surface area contributed by atoms with E-state index >= 15 is 0 Å². The molecule has 0 aromatic heterocycles. The number of nitrogens with one attached hydrogen (secondary N) is 2. The van der Waals surface area contributed by atoms with Gasteiger partial charge in [-0.15, -0.1) is 0 Å². The Balaban J connectivity index is 2.53. The Labute approximate surface area is 114 Å². The minimum Gasteiger partial charge on any atom is -0.398 e. The number of nitrogen functional groups attached to an aromatic ring is 1. The molecule has 6 heteroatoms. The van der Waals surface area contributed by atoms with Gasteiger partial charge in [0.15, 0.2) is 0 Å². The summed E-state index contributed by atoms with van der Waals surface area (Å²) in [7, 11) is 0. The molecule has 1 aromatic carbocycles. The zero-order valence-electron chi connectivity index (χ0n) is 10.1. The first kappa shape index (κ1) is 14.5. The van der Waals surface area contributed by atoms with E-state index < -0.39 is 0 Å². The monoisotopic (exact) mass is 313 g/mol. The Morgan fingerprint density at radius 3 is 2.67 bits per heavy atom. The SMILES string of the molecule is CCCNC(=O)CNC(=O)c1ccc(Br)cc1N. The molecular weight excluding hydrogens is 298 g/mol. The number of nitrogens with two attached hydrogens (primary N) is 1. The molecule has 0 aliphatic heterocycles. The Bertz CT molecular complexity index is 449. The quantitative estimate of drug-likeness (QED) is 0.716. The lowest BCUT2D eigenvalue weighted by molar-refractivity contribution is -0.120. The highest BCUT2D eigenvalue weighted by atomic mass is 79.9. The molecule has 0 heterocycles. The summed E-state index contributed by atoms with van der Waals surface area (Å²) in [6.07, 6.45) is 0.860. The van der Waals surface area contributed by atoms with Crippen molar-refractivity contribution in [2.45, 2.75) is 13.3 Å². The van der Waals surface area contributed by atoms with E-state index in [1.54, 1.807) is 18.2 Å². The number of benzene rings is 1. The predicted molar refractivity (Wildman–Crippen MR) is 74.2 cm³/mol. The van der Waals surface area contributed by atoms with Gasteiger partial charge in [0, 0.05) is 16.7 Å².